The van der Waals surface area contributed by atoms with Gasteiger partial charge in [-0.25, -0.2) is 4.39 Å². The molecule has 0 saturated carbocycles. The molecular formula is C10H14FNO2. The number of nitrogens with two attached hydrogens (primary N) is 1. The summed E-state index contributed by atoms with van der Waals surface area (Å²) in [6.45, 7) is 0.225. The SMILES string of the molecule is NC(CO)CCOc1ccccc1F. The lowest BCUT2D eigenvalue weighted by Gasteiger charge is -2.09. The van der Waals surface area contributed by atoms with Crippen molar-refractivity contribution in [3.8, 4) is 5.75 Å². The molecule has 1 atom stereocenters. The Hall–Kier alpha value is -1.13. The molecule has 0 bridgehead atoms. The van der Waals surface area contributed by atoms with Crippen molar-refractivity contribution >= 4 is 0 Å². The first-order valence-corrected chi connectivity index (χ1v) is 4.48. The van der Waals surface area contributed by atoms with Crippen molar-refractivity contribution in [1.82, 2.24) is 0 Å². The topological polar surface area (TPSA) is 55.5 Å². The highest BCUT2D eigenvalue weighted by Gasteiger charge is 2.03. The molecule has 14 heavy (non-hydrogen) atoms. The normalized spacial score (nSPS) is 12.5. The number of hydrogen-bond acceptors (Lipinski definition) is 3. The van der Waals surface area contributed by atoms with Crippen molar-refractivity contribution in [1.29, 1.82) is 0 Å². The standard InChI is InChI=1S/C10H14FNO2/c11-9-3-1-2-4-10(9)14-6-5-8(12)7-13/h1-4,8,13H,5-7,12H2. The van der Waals surface area contributed by atoms with E-state index in [-0.39, 0.29) is 24.2 Å². The molecule has 0 aliphatic rings. The fourth-order valence-corrected chi connectivity index (χ4v) is 0.973. The van der Waals surface area contributed by atoms with Crippen LogP contribution in [0, 0.1) is 5.82 Å². The van der Waals surface area contributed by atoms with E-state index in [2.05, 4.69) is 0 Å². The van der Waals surface area contributed by atoms with Crippen molar-refractivity contribution in [2.45, 2.75) is 12.5 Å². The van der Waals surface area contributed by atoms with E-state index in [4.69, 9.17) is 15.6 Å². The number of aliphatic hydroxyl groups excluding tert-OH is 1. The van der Waals surface area contributed by atoms with Gasteiger partial charge in [-0.1, -0.05) is 12.1 Å². The van der Waals surface area contributed by atoms with Gasteiger partial charge in [0, 0.05) is 6.04 Å². The largest absolute Gasteiger partial charge is 0.490 e. The fraction of sp³-hybridized carbons (Fsp3) is 0.400. The average molecular weight is 199 g/mol. The Labute approximate surface area is 82.3 Å². The first kappa shape index (κ1) is 10.9. The van der Waals surface area contributed by atoms with E-state index in [1.165, 1.54) is 6.07 Å². The molecule has 1 rings (SSSR count). The number of halogens is 1. The minimum Gasteiger partial charge on any atom is -0.490 e. The zero-order valence-electron chi connectivity index (χ0n) is 7.82. The van der Waals surface area contributed by atoms with Gasteiger partial charge in [0.15, 0.2) is 11.6 Å². The van der Waals surface area contributed by atoms with Gasteiger partial charge in [-0.15, -0.1) is 0 Å². The second kappa shape index (κ2) is 5.57. The molecule has 0 fully saturated rings. The summed E-state index contributed by atoms with van der Waals surface area (Å²) in [5, 5.41) is 8.63. The van der Waals surface area contributed by atoms with Crippen LogP contribution in [0.15, 0.2) is 24.3 Å². The number of para-hydroxylation sites is 1. The third-order valence-electron chi connectivity index (χ3n) is 1.82. The molecular weight excluding hydrogens is 185 g/mol. The van der Waals surface area contributed by atoms with E-state index in [0.717, 1.165) is 0 Å². The number of hydrogen-bond donors (Lipinski definition) is 2. The molecule has 0 aliphatic carbocycles. The van der Waals surface area contributed by atoms with Gasteiger partial charge in [-0.2, -0.15) is 0 Å². The summed E-state index contributed by atoms with van der Waals surface area (Å²) in [5.74, 6) is -0.164. The maximum Gasteiger partial charge on any atom is 0.165 e. The lowest BCUT2D eigenvalue weighted by molar-refractivity contribution is 0.227. The Balaban J connectivity index is 2.35. The number of benzene rings is 1. The van der Waals surface area contributed by atoms with Crippen LogP contribution in [0.2, 0.25) is 0 Å². The van der Waals surface area contributed by atoms with E-state index in [1.54, 1.807) is 18.2 Å². The van der Waals surface area contributed by atoms with Gasteiger partial charge in [0.05, 0.1) is 13.2 Å². The Morgan fingerprint density at radius 1 is 1.43 bits per heavy atom. The van der Waals surface area contributed by atoms with Gasteiger partial charge in [-0.3, -0.25) is 0 Å². The maximum atomic E-state index is 13.0. The van der Waals surface area contributed by atoms with Crippen LogP contribution in [0.1, 0.15) is 6.42 Å². The molecule has 78 valence electrons. The maximum absolute atomic E-state index is 13.0. The lowest BCUT2D eigenvalue weighted by atomic mass is 10.2. The molecule has 1 unspecified atom stereocenters. The van der Waals surface area contributed by atoms with E-state index in [0.29, 0.717) is 13.0 Å². The monoisotopic (exact) mass is 199 g/mol. The molecule has 0 spiro atoms. The Morgan fingerprint density at radius 2 is 2.14 bits per heavy atom. The fourth-order valence-electron chi connectivity index (χ4n) is 0.973. The van der Waals surface area contributed by atoms with E-state index in [9.17, 15) is 4.39 Å². The molecule has 3 nitrogen and oxygen atoms in total. The predicted octanol–water partition coefficient (Wildman–Crippen LogP) is 0.914. The Bertz CT molecular complexity index is 281. The molecule has 3 N–H and O–H groups in total. The van der Waals surface area contributed by atoms with Gasteiger partial charge in [0.1, 0.15) is 0 Å². The van der Waals surface area contributed by atoms with Crippen molar-refractivity contribution in [3.05, 3.63) is 30.1 Å². The number of aliphatic hydroxyl groups is 1. The molecule has 1 aromatic carbocycles. The third kappa shape index (κ3) is 3.32. The van der Waals surface area contributed by atoms with Crippen LogP contribution >= 0.6 is 0 Å². The minimum atomic E-state index is -0.384. The first-order valence-electron chi connectivity index (χ1n) is 4.48. The van der Waals surface area contributed by atoms with E-state index in [1.807, 2.05) is 0 Å². The van der Waals surface area contributed by atoms with Gasteiger partial charge in [0.2, 0.25) is 0 Å². The van der Waals surface area contributed by atoms with E-state index < -0.39 is 0 Å². The second-order valence-corrected chi connectivity index (χ2v) is 3.01. The molecule has 0 aliphatic heterocycles. The minimum absolute atomic E-state index is 0.0827. The summed E-state index contributed by atoms with van der Waals surface area (Å²) in [5.41, 5.74) is 5.45. The van der Waals surface area contributed by atoms with Crippen LogP contribution in [0.5, 0.6) is 5.75 Å². The van der Waals surface area contributed by atoms with Gasteiger partial charge in [-0.05, 0) is 18.6 Å². The van der Waals surface area contributed by atoms with Crippen LogP contribution in [-0.2, 0) is 0 Å². The van der Waals surface area contributed by atoms with E-state index >= 15 is 0 Å². The average Bonchev–Trinajstić information content (AvgIpc) is 2.20. The summed E-state index contributed by atoms with van der Waals surface area (Å²) in [7, 11) is 0. The highest BCUT2D eigenvalue weighted by Crippen LogP contribution is 2.15. The summed E-state index contributed by atoms with van der Waals surface area (Å²) in [6, 6.07) is 5.88. The number of ether oxygens (including phenoxy) is 1. The highest BCUT2D eigenvalue weighted by atomic mass is 19.1. The number of rotatable bonds is 5. The molecule has 1 aromatic rings. The Morgan fingerprint density at radius 3 is 2.79 bits per heavy atom. The van der Waals surface area contributed by atoms with Crippen molar-refractivity contribution in [3.63, 3.8) is 0 Å². The quantitative estimate of drug-likeness (QED) is 0.741. The van der Waals surface area contributed by atoms with Crippen LogP contribution < -0.4 is 10.5 Å². The summed E-state index contributed by atoms with van der Waals surface area (Å²) in [4.78, 5) is 0. The third-order valence-corrected chi connectivity index (χ3v) is 1.82. The van der Waals surface area contributed by atoms with Crippen molar-refractivity contribution in [2.24, 2.45) is 5.73 Å². The smallest absolute Gasteiger partial charge is 0.165 e. The van der Waals surface area contributed by atoms with Crippen LogP contribution in [0.3, 0.4) is 0 Å². The van der Waals surface area contributed by atoms with Crippen LogP contribution in [0.25, 0.3) is 0 Å². The zero-order chi connectivity index (χ0) is 10.4. The zero-order valence-corrected chi connectivity index (χ0v) is 7.82. The van der Waals surface area contributed by atoms with Gasteiger partial charge < -0.3 is 15.6 Å². The van der Waals surface area contributed by atoms with Gasteiger partial charge in [0.25, 0.3) is 0 Å². The van der Waals surface area contributed by atoms with Crippen molar-refractivity contribution < 1.29 is 14.2 Å². The predicted molar refractivity (Wildman–Crippen MR) is 51.6 cm³/mol. The molecule has 0 heterocycles. The lowest BCUT2D eigenvalue weighted by Crippen LogP contribution is -2.26. The summed E-state index contributed by atoms with van der Waals surface area (Å²) >= 11 is 0. The Kier molecular flexibility index (Phi) is 4.35. The first-order chi connectivity index (χ1) is 6.74. The van der Waals surface area contributed by atoms with Crippen LogP contribution in [0.4, 0.5) is 4.39 Å². The summed E-state index contributed by atoms with van der Waals surface area (Å²) < 4.78 is 18.1. The second-order valence-electron chi connectivity index (χ2n) is 3.01. The molecule has 0 radical (unpaired) electrons. The molecule has 4 heteroatoms. The van der Waals surface area contributed by atoms with Gasteiger partial charge >= 0.3 is 0 Å². The summed E-state index contributed by atoms with van der Waals surface area (Å²) in [6.07, 6.45) is 0.505. The van der Waals surface area contributed by atoms with Crippen LogP contribution in [-0.4, -0.2) is 24.4 Å². The molecule has 0 saturated heterocycles. The molecule has 0 amide bonds. The molecule has 0 aromatic heterocycles. The highest BCUT2D eigenvalue weighted by molar-refractivity contribution is 5.23. The van der Waals surface area contributed by atoms with Crippen molar-refractivity contribution in [2.75, 3.05) is 13.2 Å².